The van der Waals surface area contributed by atoms with Crippen LogP contribution in [0.4, 0.5) is 4.79 Å². The molecule has 2 aliphatic carbocycles. The summed E-state index contributed by atoms with van der Waals surface area (Å²) in [6.45, 7) is 5.82. The van der Waals surface area contributed by atoms with Gasteiger partial charge in [-0.1, -0.05) is 13.8 Å². The summed E-state index contributed by atoms with van der Waals surface area (Å²) in [5.74, 6) is 2.75. The van der Waals surface area contributed by atoms with Gasteiger partial charge in [0.25, 0.3) is 0 Å². The van der Waals surface area contributed by atoms with Crippen molar-refractivity contribution in [3.05, 3.63) is 18.2 Å². The van der Waals surface area contributed by atoms with Gasteiger partial charge in [0.1, 0.15) is 5.82 Å². The fourth-order valence-electron chi connectivity index (χ4n) is 4.33. The minimum atomic E-state index is -0.153. The average molecular weight is 320 g/mol. The molecule has 4 unspecified atom stereocenters. The summed E-state index contributed by atoms with van der Waals surface area (Å²) < 4.78 is 2.08. The molecule has 2 aliphatic rings. The van der Waals surface area contributed by atoms with Crippen LogP contribution in [0, 0.1) is 23.7 Å². The summed E-state index contributed by atoms with van der Waals surface area (Å²) in [5.41, 5.74) is 0. The van der Waals surface area contributed by atoms with Crippen molar-refractivity contribution in [3.8, 4) is 0 Å². The first kappa shape index (κ1) is 16.3. The number of amides is 2. The van der Waals surface area contributed by atoms with Gasteiger partial charge in [0, 0.05) is 37.5 Å². The van der Waals surface area contributed by atoms with Crippen LogP contribution >= 0.6 is 0 Å². The Morgan fingerprint density at radius 2 is 2.22 bits per heavy atom. The Morgan fingerprint density at radius 3 is 2.96 bits per heavy atom. The maximum atomic E-state index is 12.2. The zero-order valence-corrected chi connectivity index (χ0v) is 14.0. The van der Waals surface area contributed by atoms with Crippen molar-refractivity contribution in [2.45, 2.75) is 52.2 Å². The number of hydrogen-bond acceptors (Lipinski definition) is 3. The Balaban J connectivity index is 1.51. The Kier molecular flexibility index (Phi) is 4.90. The number of nitrogens with one attached hydrogen (secondary N) is 2. The standard InChI is InChI=1S/C17H28N4O2/c1-11(2)9-21-6-5-18-15(21)8-19-17(23)20-16-13-4-3-12(7-13)14(16)10-22/h5-6,11-14,16,22H,3-4,7-10H2,1-2H3,(H2,19,20,23). The van der Waals surface area contributed by atoms with Gasteiger partial charge in [-0.05, 0) is 37.0 Å². The van der Waals surface area contributed by atoms with E-state index in [0.717, 1.165) is 18.8 Å². The predicted molar refractivity (Wildman–Crippen MR) is 87.6 cm³/mol. The van der Waals surface area contributed by atoms with Gasteiger partial charge in [0.2, 0.25) is 0 Å². The monoisotopic (exact) mass is 320 g/mol. The number of carbonyl (C=O) groups is 1. The fourth-order valence-corrected chi connectivity index (χ4v) is 4.33. The first-order chi connectivity index (χ1) is 11.1. The van der Waals surface area contributed by atoms with Gasteiger partial charge in [-0.25, -0.2) is 9.78 Å². The van der Waals surface area contributed by atoms with Crippen molar-refractivity contribution in [1.82, 2.24) is 20.2 Å². The number of aliphatic hydroxyl groups excluding tert-OH is 1. The van der Waals surface area contributed by atoms with Crippen LogP contribution < -0.4 is 10.6 Å². The van der Waals surface area contributed by atoms with E-state index in [-0.39, 0.29) is 24.6 Å². The van der Waals surface area contributed by atoms with E-state index in [9.17, 15) is 9.90 Å². The molecule has 0 aliphatic heterocycles. The molecule has 2 fully saturated rings. The number of hydrogen-bond donors (Lipinski definition) is 3. The van der Waals surface area contributed by atoms with Gasteiger partial charge in [-0.3, -0.25) is 0 Å². The Morgan fingerprint density at radius 1 is 1.43 bits per heavy atom. The van der Waals surface area contributed by atoms with Crippen LogP contribution in [0.25, 0.3) is 0 Å². The first-order valence-corrected chi connectivity index (χ1v) is 8.73. The second kappa shape index (κ2) is 6.91. The number of fused-ring (bicyclic) bond motifs is 2. The van der Waals surface area contributed by atoms with Crippen LogP contribution in [0.5, 0.6) is 0 Å². The van der Waals surface area contributed by atoms with Crippen LogP contribution in [-0.4, -0.2) is 33.3 Å². The molecule has 2 amide bonds. The summed E-state index contributed by atoms with van der Waals surface area (Å²) in [6, 6.07) is -0.0331. The first-order valence-electron chi connectivity index (χ1n) is 8.73. The van der Waals surface area contributed by atoms with Crippen LogP contribution in [0.3, 0.4) is 0 Å². The SMILES string of the molecule is CC(C)Cn1ccnc1CNC(=O)NC1C2CCC(C2)C1CO. The van der Waals surface area contributed by atoms with E-state index in [0.29, 0.717) is 24.3 Å². The highest BCUT2D eigenvalue weighted by atomic mass is 16.3. The molecule has 2 bridgehead atoms. The summed E-state index contributed by atoms with van der Waals surface area (Å²) in [6.07, 6.45) is 7.24. The number of imidazole rings is 1. The van der Waals surface area contributed by atoms with E-state index in [1.807, 2.05) is 6.20 Å². The number of aromatic nitrogens is 2. The Hall–Kier alpha value is -1.56. The van der Waals surface area contributed by atoms with Gasteiger partial charge in [-0.15, -0.1) is 0 Å². The van der Waals surface area contributed by atoms with Crippen molar-refractivity contribution >= 4 is 6.03 Å². The number of rotatable bonds is 6. The Labute approximate surface area is 137 Å². The molecule has 6 nitrogen and oxygen atoms in total. The molecule has 23 heavy (non-hydrogen) atoms. The number of carbonyl (C=O) groups excluding carboxylic acids is 1. The van der Waals surface area contributed by atoms with Crippen molar-refractivity contribution in [2.24, 2.45) is 23.7 Å². The van der Waals surface area contributed by atoms with Gasteiger partial charge in [0.05, 0.1) is 6.54 Å². The molecule has 0 saturated heterocycles. The third-order valence-corrected chi connectivity index (χ3v) is 5.37. The lowest BCUT2D eigenvalue weighted by atomic mass is 9.85. The predicted octanol–water partition coefficient (Wildman–Crippen LogP) is 1.75. The third kappa shape index (κ3) is 3.52. The van der Waals surface area contributed by atoms with E-state index in [1.165, 1.54) is 12.8 Å². The fraction of sp³-hybridized carbons (Fsp3) is 0.765. The quantitative estimate of drug-likeness (QED) is 0.747. The molecule has 3 rings (SSSR count). The van der Waals surface area contributed by atoms with Crippen LogP contribution in [-0.2, 0) is 13.1 Å². The second-order valence-corrected chi connectivity index (χ2v) is 7.42. The lowest BCUT2D eigenvalue weighted by Gasteiger charge is -2.30. The summed E-state index contributed by atoms with van der Waals surface area (Å²) in [4.78, 5) is 16.5. The molecule has 0 aromatic carbocycles. The minimum absolute atomic E-state index is 0.120. The minimum Gasteiger partial charge on any atom is -0.396 e. The lowest BCUT2D eigenvalue weighted by molar-refractivity contribution is 0.144. The zero-order chi connectivity index (χ0) is 16.4. The molecule has 6 heteroatoms. The number of urea groups is 1. The molecule has 1 aromatic rings. The molecule has 4 atom stereocenters. The molecule has 1 aromatic heterocycles. The molecular weight excluding hydrogens is 292 g/mol. The van der Waals surface area contributed by atoms with E-state index in [2.05, 4.69) is 34.0 Å². The molecule has 0 radical (unpaired) electrons. The number of aliphatic hydroxyl groups is 1. The topological polar surface area (TPSA) is 79.2 Å². The average Bonchev–Trinajstić information content (AvgIpc) is 3.20. The highest BCUT2D eigenvalue weighted by Crippen LogP contribution is 2.48. The second-order valence-electron chi connectivity index (χ2n) is 7.42. The van der Waals surface area contributed by atoms with Crippen LogP contribution in [0.15, 0.2) is 12.4 Å². The normalized spacial score (nSPS) is 29.2. The lowest BCUT2D eigenvalue weighted by Crippen LogP contribution is -2.49. The smallest absolute Gasteiger partial charge is 0.315 e. The molecule has 2 saturated carbocycles. The van der Waals surface area contributed by atoms with Gasteiger partial charge < -0.3 is 20.3 Å². The maximum Gasteiger partial charge on any atom is 0.315 e. The van der Waals surface area contributed by atoms with Crippen LogP contribution in [0.2, 0.25) is 0 Å². The maximum absolute atomic E-state index is 12.2. The van der Waals surface area contributed by atoms with Gasteiger partial charge >= 0.3 is 6.03 Å². The highest BCUT2D eigenvalue weighted by Gasteiger charge is 2.47. The molecular formula is C17H28N4O2. The van der Waals surface area contributed by atoms with Crippen molar-refractivity contribution in [2.75, 3.05) is 6.61 Å². The van der Waals surface area contributed by atoms with E-state index in [4.69, 9.17) is 0 Å². The molecule has 1 heterocycles. The van der Waals surface area contributed by atoms with Gasteiger partial charge in [0.15, 0.2) is 0 Å². The van der Waals surface area contributed by atoms with Gasteiger partial charge in [-0.2, -0.15) is 0 Å². The summed E-state index contributed by atoms with van der Waals surface area (Å²) in [5, 5.41) is 15.6. The van der Waals surface area contributed by atoms with E-state index in [1.54, 1.807) is 6.20 Å². The molecule has 128 valence electrons. The zero-order valence-electron chi connectivity index (χ0n) is 14.0. The molecule has 3 N–H and O–H groups in total. The largest absolute Gasteiger partial charge is 0.396 e. The van der Waals surface area contributed by atoms with E-state index < -0.39 is 0 Å². The van der Waals surface area contributed by atoms with Crippen molar-refractivity contribution < 1.29 is 9.90 Å². The van der Waals surface area contributed by atoms with Crippen molar-refractivity contribution in [3.63, 3.8) is 0 Å². The molecule has 0 spiro atoms. The highest BCUT2D eigenvalue weighted by molar-refractivity contribution is 5.74. The Bertz CT molecular complexity index is 542. The van der Waals surface area contributed by atoms with Crippen molar-refractivity contribution in [1.29, 1.82) is 0 Å². The van der Waals surface area contributed by atoms with E-state index >= 15 is 0 Å². The van der Waals surface area contributed by atoms with Crippen LogP contribution in [0.1, 0.15) is 38.9 Å². The summed E-state index contributed by atoms with van der Waals surface area (Å²) >= 11 is 0. The third-order valence-electron chi connectivity index (χ3n) is 5.37. The number of nitrogens with zero attached hydrogens (tertiary/aromatic N) is 2. The summed E-state index contributed by atoms with van der Waals surface area (Å²) in [7, 11) is 0.